The Morgan fingerprint density at radius 3 is 2.87 bits per heavy atom. The lowest BCUT2D eigenvalue weighted by Gasteiger charge is -1.90. The van der Waals surface area contributed by atoms with Gasteiger partial charge in [-0.15, -0.1) is 21.5 Å². The fraction of sp³-hybridized carbons (Fsp3) is 0.100. The number of nitrogens with zero attached hydrogens (tertiary/aromatic N) is 3. The van der Waals surface area contributed by atoms with Gasteiger partial charge in [0.25, 0.3) is 0 Å². The van der Waals surface area contributed by atoms with Crippen LogP contribution in [0, 0.1) is 6.92 Å². The van der Waals surface area contributed by atoms with Crippen LogP contribution in [0.3, 0.4) is 0 Å². The van der Waals surface area contributed by atoms with E-state index in [0.29, 0.717) is 5.82 Å². The molecule has 0 atom stereocenters. The molecule has 0 saturated carbocycles. The first-order valence-corrected chi connectivity index (χ1v) is 5.40. The number of thiophene rings is 1. The van der Waals surface area contributed by atoms with E-state index in [0.717, 1.165) is 4.88 Å². The van der Waals surface area contributed by atoms with Crippen LogP contribution in [-0.4, -0.2) is 20.6 Å². The van der Waals surface area contributed by atoms with Gasteiger partial charge in [0.2, 0.25) is 5.82 Å². The van der Waals surface area contributed by atoms with E-state index in [4.69, 9.17) is 0 Å². The third kappa shape index (κ3) is 1.24. The lowest BCUT2D eigenvalue weighted by atomic mass is 10.1. The molecule has 2 heterocycles. The molecule has 0 spiro atoms. The molecule has 0 aliphatic heterocycles. The van der Waals surface area contributed by atoms with Crippen LogP contribution in [-0.2, 0) is 0 Å². The quantitative estimate of drug-likeness (QED) is 0.679. The fourth-order valence-electron chi connectivity index (χ4n) is 1.65. The first kappa shape index (κ1) is 8.55. The Morgan fingerprint density at radius 2 is 2.13 bits per heavy atom. The SMILES string of the molecule is Cc1c(-c2nn[nH]n2)sc2ccccc12. The monoisotopic (exact) mass is 216 g/mol. The Kier molecular flexibility index (Phi) is 1.78. The van der Waals surface area contributed by atoms with Gasteiger partial charge in [0.05, 0.1) is 4.88 Å². The molecule has 3 aromatic rings. The van der Waals surface area contributed by atoms with Gasteiger partial charge in [-0.25, -0.2) is 0 Å². The Hall–Kier alpha value is -1.75. The molecule has 74 valence electrons. The maximum absolute atomic E-state index is 4.01. The van der Waals surface area contributed by atoms with Crippen LogP contribution in [0.1, 0.15) is 5.56 Å². The highest BCUT2D eigenvalue weighted by molar-refractivity contribution is 7.22. The first-order chi connectivity index (χ1) is 7.36. The third-order valence-corrected chi connectivity index (χ3v) is 3.66. The van der Waals surface area contributed by atoms with Crippen molar-refractivity contribution in [2.75, 3.05) is 0 Å². The highest BCUT2D eigenvalue weighted by Gasteiger charge is 2.12. The number of aromatic amines is 1. The summed E-state index contributed by atoms with van der Waals surface area (Å²) < 4.78 is 1.26. The van der Waals surface area contributed by atoms with E-state index in [1.165, 1.54) is 15.6 Å². The van der Waals surface area contributed by atoms with Crippen molar-refractivity contribution in [1.82, 2.24) is 20.6 Å². The number of nitrogens with one attached hydrogen (secondary N) is 1. The molecule has 1 aromatic carbocycles. The highest BCUT2D eigenvalue weighted by atomic mass is 32.1. The zero-order chi connectivity index (χ0) is 10.3. The molecule has 0 aliphatic rings. The number of benzene rings is 1. The van der Waals surface area contributed by atoms with Crippen molar-refractivity contribution in [3.05, 3.63) is 29.8 Å². The minimum atomic E-state index is 0.675. The molecule has 0 unspecified atom stereocenters. The predicted octanol–water partition coefficient (Wildman–Crippen LogP) is 2.39. The molecule has 0 fully saturated rings. The molecule has 5 heteroatoms. The summed E-state index contributed by atoms with van der Waals surface area (Å²) in [6.45, 7) is 2.09. The van der Waals surface area contributed by atoms with Gasteiger partial charge >= 0.3 is 0 Å². The van der Waals surface area contributed by atoms with Crippen molar-refractivity contribution in [3.63, 3.8) is 0 Å². The van der Waals surface area contributed by atoms with Crippen LogP contribution >= 0.6 is 11.3 Å². The Labute approximate surface area is 89.9 Å². The largest absolute Gasteiger partial charge is 0.214 e. The van der Waals surface area contributed by atoms with Crippen LogP contribution in [0.5, 0.6) is 0 Å². The van der Waals surface area contributed by atoms with E-state index in [9.17, 15) is 0 Å². The fourth-order valence-corrected chi connectivity index (χ4v) is 2.78. The van der Waals surface area contributed by atoms with E-state index in [1.54, 1.807) is 11.3 Å². The molecule has 3 rings (SSSR count). The molecule has 15 heavy (non-hydrogen) atoms. The van der Waals surface area contributed by atoms with Crippen molar-refractivity contribution in [1.29, 1.82) is 0 Å². The molecule has 0 bridgehead atoms. The second-order valence-electron chi connectivity index (χ2n) is 3.29. The summed E-state index contributed by atoms with van der Waals surface area (Å²) in [5.41, 5.74) is 1.22. The van der Waals surface area contributed by atoms with E-state index in [-0.39, 0.29) is 0 Å². The van der Waals surface area contributed by atoms with E-state index >= 15 is 0 Å². The standard InChI is InChI=1S/C10H8N4S/c1-6-7-4-2-3-5-8(7)15-9(6)10-11-13-14-12-10/h2-5H,1H3,(H,11,12,13,14). The number of hydrogen-bond donors (Lipinski definition) is 1. The smallest absolute Gasteiger partial charge is 0.177 e. The lowest BCUT2D eigenvalue weighted by Crippen LogP contribution is -1.78. The summed E-state index contributed by atoms with van der Waals surface area (Å²) in [7, 11) is 0. The maximum Gasteiger partial charge on any atom is 0.214 e. The molecule has 0 saturated heterocycles. The molecule has 0 aliphatic carbocycles. The normalized spacial score (nSPS) is 11.0. The zero-order valence-corrected chi connectivity index (χ0v) is 8.88. The summed E-state index contributed by atoms with van der Waals surface area (Å²) in [6.07, 6.45) is 0. The van der Waals surface area contributed by atoms with E-state index < -0.39 is 0 Å². The van der Waals surface area contributed by atoms with Gasteiger partial charge in [-0.2, -0.15) is 5.21 Å². The molecule has 4 nitrogen and oxygen atoms in total. The van der Waals surface area contributed by atoms with E-state index in [1.807, 2.05) is 12.1 Å². The minimum absolute atomic E-state index is 0.675. The van der Waals surface area contributed by atoms with Gasteiger partial charge in [-0.05, 0) is 29.2 Å². The second kappa shape index (κ2) is 3.13. The number of H-pyrrole nitrogens is 1. The Morgan fingerprint density at radius 1 is 1.27 bits per heavy atom. The first-order valence-electron chi connectivity index (χ1n) is 4.58. The van der Waals surface area contributed by atoms with Crippen LogP contribution in [0.4, 0.5) is 0 Å². The van der Waals surface area contributed by atoms with Gasteiger partial charge in [-0.3, -0.25) is 0 Å². The van der Waals surface area contributed by atoms with Gasteiger partial charge in [0.15, 0.2) is 0 Å². The molecule has 0 radical (unpaired) electrons. The van der Waals surface area contributed by atoms with Gasteiger partial charge in [0, 0.05) is 4.70 Å². The van der Waals surface area contributed by atoms with E-state index in [2.05, 4.69) is 39.7 Å². The summed E-state index contributed by atoms with van der Waals surface area (Å²) in [6, 6.07) is 8.31. The molecular formula is C10H8N4S. The van der Waals surface area contributed by atoms with Crippen LogP contribution in [0.2, 0.25) is 0 Å². The van der Waals surface area contributed by atoms with Crippen molar-refractivity contribution in [2.24, 2.45) is 0 Å². The minimum Gasteiger partial charge on any atom is -0.177 e. The molecule has 1 N–H and O–H groups in total. The van der Waals surface area contributed by atoms with Crippen LogP contribution < -0.4 is 0 Å². The van der Waals surface area contributed by atoms with Crippen molar-refractivity contribution in [3.8, 4) is 10.7 Å². The van der Waals surface area contributed by atoms with Crippen LogP contribution in [0.15, 0.2) is 24.3 Å². The predicted molar refractivity (Wildman–Crippen MR) is 59.7 cm³/mol. The number of aryl methyl sites for hydroxylation is 1. The van der Waals surface area contributed by atoms with Crippen molar-refractivity contribution >= 4 is 21.4 Å². The maximum atomic E-state index is 4.01. The zero-order valence-electron chi connectivity index (χ0n) is 8.06. The number of fused-ring (bicyclic) bond motifs is 1. The molecular weight excluding hydrogens is 208 g/mol. The van der Waals surface area contributed by atoms with Crippen molar-refractivity contribution < 1.29 is 0 Å². The van der Waals surface area contributed by atoms with Gasteiger partial charge < -0.3 is 0 Å². The summed E-state index contributed by atoms with van der Waals surface area (Å²) >= 11 is 1.70. The average molecular weight is 216 g/mol. The second-order valence-corrected chi connectivity index (χ2v) is 4.34. The number of rotatable bonds is 1. The summed E-state index contributed by atoms with van der Waals surface area (Å²) in [5.74, 6) is 0.675. The Bertz CT molecular complexity index is 597. The topological polar surface area (TPSA) is 54.5 Å². The third-order valence-electron chi connectivity index (χ3n) is 2.39. The lowest BCUT2D eigenvalue weighted by molar-refractivity contribution is 0.881. The van der Waals surface area contributed by atoms with Crippen molar-refractivity contribution in [2.45, 2.75) is 6.92 Å². The summed E-state index contributed by atoms with van der Waals surface area (Å²) in [5, 5.41) is 15.3. The number of tetrazole rings is 1. The highest BCUT2D eigenvalue weighted by Crippen LogP contribution is 2.35. The number of aromatic nitrogens is 4. The number of hydrogen-bond acceptors (Lipinski definition) is 4. The van der Waals surface area contributed by atoms with Gasteiger partial charge in [0.1, 0.15) is 0 Å². The molecule has 2 aromatic heterocycles. The summed E-state index contributed by atoms with van der Waals surface area (Å²) in [4.78, 5) is 1.09. The molecule has 0 amide bonds. The average Bonchev–Trinajstić information content (AvgIpc) is 2.87. The van der Waals surface area contributed by atoms with Crippen LogP contribution in [0.25, 0.3) is 20.8 Å². The van der Waals surface area contributed by atoms with Gasteiger partial charge in [-0.1, -0.05) is 18.2 Å². The Balaban J connectivity index is 2.33.